The summed E-state index contributed by atoms with van der Waals surface area (Å²) in [5.74, 6) is -0.723. The summed E-state index contributed by atoms with van der Waals surface area (Å²) in [6.45, 7) is 1.69. The highest BCUT2D eigenvalue weighted by Crippen LogP contribution is 2.19. The molecule has 0 unspecified atom stereocenters. The van der Waals surface area contributed by atoms with E-state index in [-0.39, 0.29) is 12.5 Å². The molecule has 114 valence electrons. The van der Waals surface area contributed by atoms with E-state index >= 15 is 0 Å². The Bertz CT molecular complexity index is 717. The lowest BCUT2D eigenvalue weighted by atomic mass is 10.2. The third kappa shape index (κ3) is 4.23. The molecular weight excluding hydrogens is 323 g/mol. The maximum Gasteiger partial charge on any atom is 0.253 e. The number of hydrogen-bond donors (Lipinski definition) is 2. The van der Waals surface area contributed by atoms with Crippen LogP contribution < -0.4 is 10.6 Å². The first-order chi connectivity index (χ1) is 10.5. The zero-order valence-corrected chi connectivity index (χ0v) is 13.3. The number of halogens is 2. The van der Waals surface area contributed by atoms with Gasteiger partial charge in [-0.25, -0.2) is 0 Å². The van der Waals surface area contributed by atoms with Crippen LogP contribution in [0.15, 0.2) is 42.5 Å². The summed E-state index contributed by atoms with van der Waals surface area (Å²) in [6, 6.07) is 11.8. The molecule has 2 aromatic carbocycles. The van der Waals surface area contributed by atoms with Crippen molar-refractivity contribution in [1.82, 2.24) is 5.32 Å². The molecule has 0 aliphatic rings. The van der Waals surface area contributed by atoms with Gasteiger partial charge in [-0.05, 0) is 42.8 Å². The summed E-state index contributed by atoms with van der Waals surface area (Å²) >= 11 is 11.8. The Kier molecular flexibility index (Phi) is 5.41. The van der Waals surface area contributed by atoms with E-state index in [2.05, 4.69) is 10.6 Å². The quantitative estimate of drug-likeness (QED) is 0.894. The fourth-order valence-electron chi connectivity index (χ4n) is 1.86. The van der Waals surface area contributed by atoms with Gasteiger partial charge in [0.05, 0.1) is 17.1 Å². The maximum atomic E-state index is 11.9. The largest absolute Gasteiger partial charge is 0.343 e. The molecule has 2 aromatic rings. The Morgan fingerprint density at radius 3 is 2.50 bits per heavy atom. The molecule has 0 saturated carbocycles. The second kappa shape index (κ2) is 7.29. The highest BCUT2D eigenvalue weighted by Gasteiger charge is 2.11. The summed E-state index contributed by atoms with van der Waals surface area (Å²) in [5, 5.41) is 6.18. The van der Waals surface area contributed by atoms with Crippen molar-refractivity contribution in [2.45, 2.75) is 6.92 Å². The van der Waals surface area contributed by atoms with Crippen molar-refractivity contribution in [2.24, 2.45) is 0 Å². The van der Waals surface area contributed by atoms with E-state index in [0.717, 1.165) is 5.56 Å². The number of carbonyl (C=O) groups is 2. The molecule has 0 radical (unpaired) electrons. The predicted molar refractivity (Wildman–Crippen MR) is 88.6 cm³/mol. The van der Waals surface area contributed by atoms with Gasteiger partial charge in [0.1, 0.15) is 0 Å². The average Bonchev–Trinajstić information content (AvgIpc) is 2.48. The summed E-state index contributed by atoms with van der Waals surface area (Å²) in [5.41, 5.74) is 1.83. The molecule has 2 rings (SSSR count). The first-order valence-electron chi connectivity index (χ1n) is 6.56. The van der Waals surface area contributed by atoms with E-state index in [1.807, 2.05) is 6.92 Å². The molecular formula is C16H14Cl2N2O2. The molecule has 0 spiro atoms. The smallest absolute Gasteiger partial charge is 0.253 e. The highest BCUT2D eigenvalue weighted by molar-refractivity contribution is 6.33. The van der Waals surface area contributed by atoms with Crippen molar-refractivity contribution in [3.8, 4) is 0 Å². The number of anilines is 1. The van der Waals surface area contributed by atoms with E-state index in [1.54, 1.807) is 42.5 Å². The molecule has 0 saturated heterocycles. The van der Waals surface area contributed by atoms with E-state index in [4.69, 9.17) is 23.2 Å². The van der Waals surface area contributed by atoms with Crippen molar-refractivity contribution in [3.05, 3.63) is 63.6 Å². The van der Waals surface area contributed by atoms with Gasteiger partial charge in [0.25, 0.3) is 5.91 Å². The lowest BCUT2D eigenvalue weighted by molar-refractivity contribution is -0.115. The molecule has 2 N–H and O–H groups in total. The lowest BCUT2D eigenvalue weighted by Gasteiger charge is -2.10. The number of nitrogens with one attached hydrogen (secondary N) is 2. The molecule has 0 aliphatic carbocycles. The minimum Gasteiger partial charge on any atom is -0.343 e. The number of hydrogen-bond acceptors (Lipinski definition) is 2. The fourth-order valence-corrected chi connectivity index (χ4v) is 2.31. The van der Waals surface area contributed by atoms with Gasteiger partial charge in [-0.1, -0.05) is 35.3 Å². The molecule has 0 bridgehead atoms. The van der Waals surface area contributed by atoms with Gasteiger partial charge in [0.2, 0.25) is 5.91 Å². The fraction of sp³-hybridized carbons (Fsp3) is 0.125. The molecule has 4 nitrogen and oxygen atoms in total. The number of carbonyl (C=O) groups excluding carboxylic acids is 2. The second-order valence-electron chi connectivity index (χ2n) is 4.67. The Hall–Kier alpha value is -2.04. The Labute approximate surface area is 138 Å². The van der Waals surface area contributed by atoms with Crippen molar-refractivity contribution in [2.75, 3.05) is 11.9 Å². The molecule has 0 aliphatic heterocycles. The van der Waals surface area contributed by atoms with Gasteiger partial charge >= 0.3 is 0 Å². The first kappa shape index (κ1) is 16.3. The third-order valence-electron chi connectivity index (χ3n) is 2.99. The number of rotatable bonds is 4. The molecule has 6 heteroatoms. The predicted octanol–water partition coefficient (Wildman–Crippen LogP) is 3.67. The maximum absolute atomic E-state index is 11.9. The SMILES string of the molecule is Cc1cc(Cl)ccc1NC(=O)CNC(=O)c1ccccc1Cl. The summed E-state index contributed by atoms with van der Waals surface area (Å²) in [4.78, 5) is 23.8. The average molecular weight is 337 g/mol. The normalized spacial score (nSPS) is 10.1. The van der Waals surface area contributed by atoms with Gasteiger partial charge in [-0.2, -0.15) is 0 Å². The van der Waals surface area contributed by atoms with Crippen LogP contribution in [0.4, 0.5) is 5.69 Å². The summed E-state index contributed by atoms with van der Waals surface area (Å²) in [7, 11) is 0. The topological polar surface area (TPSA) is 58.2 Å². The van der Waals surface area contributed by atoms with Crippen molar-refractivity contribution >= 4 is 40.7 Å². The van der Waals surface area contributed by atoms with Crippen LogP contribution in [-0.4, -0.2) is 18.4 Å². The summed E-state index contributed by atoms with van der Waals surface area (Å²) in [6.07, 6.45) is 0. The Morgan fingerprint density at radius 2 is 1.82 bits per heavy atom. The highest BCUT2D eigenvalue weighted by atomic mass is 35.5. The van der Waals surface area contributed by atoms with E-state index in [9.17, 15) is 9.59 Å². The van der Waals surface area contributed by atoms with Crippen molar-refractivity contribution < 1.29 is 9.59 Å². The van der Waals surface area contributed by atoms with Gasteiger partial charge < -0.3 is 10.6 Å². The minimum absolute atomic E-state index is 0.147. The monoisotopic (exact) mass is 336 g/mol. The van der Waals surface area contributed by atoms with Gasteiger partial charge in [0.15, 0.2) is 0 Å². The van der Waals surface area contributed by atoms with Crippen LogP contribution in [0.1, 0.15) is 15.9 Å². The van der Waals surface area contributed by atoms with Gasteiger partial charge in [-0.15, -0.1) is 0 Å². The lowest BCUT2D eigenvalue weighted by Crippen LogP contribution is -2.33. The first-order valence-corrected chi connectivity index (χ1v) is 7.31. The molecule has 0 heterocycles. The molecule has 2 amide bonds. The van der Waals surface area contributed by atoms with E-state index in [0.29, 0.717) is 21.3 Å². The van der Waals surface area contributed by atoms with Crippen molar-refractivity contribution in [3.63, 3.8) is 0 Å². The Balaban J connectivity index is 1.93. The number of benzene rings is 2. The zero-order chi connectivity index (χ0) is 16.1. The van der Waals surface area contributed by atoms with Crippen molar-refractivity contribution in [1.29, 1.82) is 0 Å². The molecule has 0 fully saturated rings. The van der Waals surface area contributed by atoms with E-state index < -0.39 is 5.91 Å². The van der Waals surface area contributed by atoms with Crippen LogP contribution in [-0.2, 0) is 4.79 Å². The molecule has 22 heavy (non-hydrogen) atoms. The summed E-state index contributed by atoms with van der Waals surface area (Å²) < 4.78 is 0. The third-order valence-corrected chi connectivity index (χ3v) is 3.56. The van der Waals surface area contributed by atoms with Gasteiger partial charge in [-0.3, -0.25) is 9.59 Å². The molecule has 0 aromatic heterocycles. The van der Waals surface area contributed by atoms with Crippen LogP contribution in [0.25, 0.3) is 0 Å². The van der Waals surface area contributed by atoms with E-state index in [1.165, 1.54) is 0 Å². The van der Waals surface area contributed by atoms with Crippen LogP contribution in [0.3, 0.4) is 0 Å². The Morgan fingerprint density at radius 1 is 1.09 bits per heavy atom. The minimum atomic E-state index is -0.395. The van der Waals surface area contributed by atoms with Crippen LogP contribution in [0.5, 0.6) is 0 Å². The standard InChI is InChI=1S/C16H14Cl2N2O2/c1-10-8-11(17)6-7-14(10)20-15(21)9-19-16(22)12-4-2-3-5-13(12)18/h2-8H,9H2,1H3,(H,19,22)(H,20,21). The van der Waals surface area contributed by atoms with Crippen LogP contribution >= 0.6 is 23.2 Å². The molecule has 0 atom stereocenters. The van der Waals surface area contributed by atoms with Gasteiger partial charge in [0, 0.05) is 10.7 Å². The number of amides is 2. The van der Waals surface area contributed by atoms with Crippen LogP contribution in [0.2, 0.25) is 10.0 Å². The van der Waals surface area contributed by atoms with Crippen LogP contribution in [0, 0.1) is 6.92 Å². The second-order valence-corrected chi connectivity index (χ2v) is 5.51. The number of aryl methyl sites for hydroxylation is 1. The zero-order valence-electron chi connectivity index (χ0n) is 11.8.